The van der Waals surface area contributed by atoms with E-state index in [2.05, 4.69) is 35.1 Å². The standard InChI is InChI=1S/C24H27N5OS/c1-2-25-24(27-16-20-17-31-23(28-20)19-7-4-3-5-8-19)26-15-18-10-12-21(13-11-18)29-14-6-9-22(29)30/h3-5,7-8,10-13,17H,2,6,9,14-16H2,1H3,(H2,25,26,27). The number of rotatable bonds is 7. The van der Waals surface area contributed by atoms with Crippen molar-refractivity contribution in [1.29, 1.82) is 0 Å². The summed E-state index contributed by atoms with van der Waals surface area (Å²) in [6.45, 7) is 4.83. The largest absolute Gasteiger partial charge is 0.357 e. The van der Waals surface area contributed by atoms with Gasteiger partial charge >= 0.3 is 0 Å². The normalized spacial score (nSPS) is 14.2. The smallest absolute Gasteiger partial charge is 0.227 e. The molecule has 0 radical (unpaired) electrons. The zero-order valence-corrected chi connectivity index (χ0v) is 18.5. The summed E-state index contributed by atoms with van der Waals surface area (Å²) in [7, 11) is 0. The zero-order chi connectivity index (χ0) is 21.5. The van der Waals surface area contributed by atoms with Crippen LogP contribution in [0.2, 0.25) is 0 Å². The van der Waals surface area contributed by atoms with Gasteiger partial charge in [0.2, 0.25) is 5.91 Å². The Balaban J connectivity index is 1.35. The Morgan fingerprint density at radius 1 is 1.13 bits per heavy atom. The predicted molar refractivity (Wildman–Crippen MR) is 127 cm³/mol. The topological polar surface area (TPSA) is 69.6 Å². The summed E-state index contributed by atoms with van der Waals surface area (Å²) in [6.07, 6.45) is 1.59. The molecule has 0 spiro atoms. The fraction of sp³-hybridized carbons (Fsp3) is 0.292. The van der Waals surface area contributed by atoms with Crippen LogP contribution in [-0.2, 0) is 17.9 Å². The lowest BCUT2D eigenvalue weighted by Crippen LogP contribution is -2.36. The molecule has 4 rings (SSSR count). The molecule has 1 amide bonds. The number of carbonyl (C=O) groups is 1. The number of aliphatic imine (C=N–C) groups is 1. The van der Waals surface area contributed by atoms with Gasteiger partial charge in [-0.15, -0.1) is 11.3 Å². The van der Waals surface area contributed by atoms with Crippen LogP contribution in [0, 0.1) is 0 Å². The fourth-order valence-corrected chi connectivity index (χ4v) is 4.32. The molecule has 7 heteroatoms. The first kappa shape index (κ1) is 21.1. The number of thiazole rings is 1. The molecule has 0 saturated carbocycles. The summed E-state index contributed by atoms with van der Waals surface area (Å²) < 4.78 is 0. The van der Waals surface area contributed by atoms with Crippen molar-refractivity contribution in [3.8, 4) is 10.6 Å². The highest BCUT2D eigenvalue weighted by Gasteiger charge is 2.21. The molecule has 1 saturated heterocycles. The summed E-state index contributed by atoms with van der Waals surface area (Å²) in [5.41, 5.74) is 4.21. The first-order valence-corrected chi connectivity index (χ1v) is 11.5. The van der Waals surface area contributed by atoms with Crippen molar-refractivity contribution in [2.75, 3.05) is 18.0 Å². The van der Waals surface area contributed by atoms with Gasteiger partial charge in [0.15, 0.2) is 5.96 Å². The summed E-state index contributed by atoms with van der Waals surface area (Å²) in [6, 6.07) is 18.3. The number of hydrogen-bond acceptors (Lipinski definition) is 4. The highest BCUT2D eigenvalue weighted by Crippen LogP contribution is 2.23. The van der Waals surface area contributed by atoms with Crippen LogP contribution in [0.3, 0.4) is 0 Å². The molecule has 6 nitrogen and oxygen atoms in total. The first-order chi connectivity index (χ1) is 15.2. The number of nitrogens with one attached hydrogen (secondary N) is 2. The van der Waals surface area contributed by atoms with Crippen molar-refractivity contribution < 1.29 is 4.79 Å². The van der Waals surface area contributed by atoms with Gasteiger partial charge in [-0.2, -0.15) is 0 Å². The van der Waals surface area contributed by atoms with Gasteiger partial charge in [0, 0.05) is 36.1 Å². The number of hydrogen-bond donors (Lipinski definition) is 2. The molecule has 1 fully saturated rings. The van der Waals surface area contributed by atoms with Crippen LogP contribution in [0.15, 0.2) is 65.0 Å². The lowest BCUT2D eigenvalue weighted by atomic mass is 10.2. The number of aromatic nitrogens is 1. The Bertz CT molecular complexity index is 1030. The molecule has 2 aromatic carbocycles. The minimum atomic E-state index is 0.210. The van der Waals surface area contributed by atoms with Crippen LogP contribution in [0.1, 0.15) is 31.0 Å². The molecule has 2 heterocycles. The molecule has 0 atom stereocenters. The van der Waals surface area contributed by atoms with E-state index in [9.17, 15) is 4.79 Å². The second kappa shape index (κ2) is 10.2. The van der Waals surface area contributed by atoms with Crippen LogP contribution < -0.4 is 15.5 Å². The molecule has 2 N–H and O–H groups in total. The SMILES string of the molecule is CCNC(=NCc1ccc(N2CCCC2=O)cc1)NCc1csc(-c2ccccc2)n1. The molecule has 3 aromatic rings. The minimum Gasteiger partial charge on any atom is -0.357 e. The van der Waals surface area contributed by atoms with E-state index in [-0.39, 0.29) is 5.91 Å². The Morgan fingerprint density at radius 3 is 2.65 bits per heavy atom. The molecule has 0 aliphatic carbocycles. The zero-order valence-electron chi connectivity index (χ0n) is 17.7. The predicted octanol–water partition coefficient (Wildman–Crippen LogP) is 4.19. The highest BCUT2D eigenvalue weighted by atomic mass is 32.1. The molecule has 0 unspecified atom stereocenters. The average Bonchev–Trinajstić information content (AvgIpc) is 3.46. The van der Waals surface area contributed by atoms with Crippen LogP contribution in [0.25, 0.3) is 10.6 Å². The van der Waals surface area contributed by atoms with Crippen molar-refractivity contribution in [3.05, 3.63) is 71.2 Å². The number of amides is 1. The van der Waals surface area contributed by atoms with Gasteiger partial charge in [-0.3, -0.25) is 4.79 Å². The van der Waals surface area contributed by atoms with Crippen LogP contribution in [0.5, 0.6) is 0 Å². The van der Waals surface area contributed by atoms with Gasteiger partial charge in [-0.1, -0.05) is 42.5 Å². The second-order valence-corrected chi connectivity index (χ2v) is 8.23. The van der Waals surface area contributed by atoms with Gasteiger partial charge in [-0.25, -0.2) is 9.98 Å². The molecule has 31 heavy (non-hydrogen) atoms. The maximum absolute atomic E-state index is 11.9. The van der Waals surface area contributed by atoms with Crippen molar-refractivity contribution in [3.63, 3.8) is 0 Å². The van der Waals surface area contributed by atoms with Crippen molar-refractivity contribution in [2.24, 2.45) is 4.99 Å². The van der Waals surface area contributed by atoms with Gasteiger partial charge < -0.3 is 15.5 Å². The highest BCUT2D eigenvalue weighted by molar-refractivity contribution is 7.13. The summed E-state index contributed by atoms with van der Waals surface area (Å²) in [5.74, 6) is 0.970. The molecule has 1 aliphatic heterocycles. The van der Waals surface area contributed by atoms with E-state index in [0.717, 1.165) is 53.0 Å². The number of carbonyl (C=O) groups excluding carboxylic acids is 1. The maximum atomic E-state index is 11.9. The van der Waals surface area contributed by atoms with E-state index < -0.39 is 0 Å². The van der Waals surface area contributed by atoms with Crippen molar-refractivity contribution in [1.82, 2.24) is 15.6 Å². The number of guanidine groups is 1. The first-order valence-electron chi connectivity index (χ1n) is 10.6. The number of anilines is 1. The van der Waals surface area contributed by atoms with E-state index >= 15 is 0 Å². The summed E-state index contributed by atoms with van der Waals surface area (Å²) in [5, 5.41) is 9.75. The molecule has 0 bridgehead atoms. The monoisotopic (exact) mass is 433 g/mol. The minimum absolute atomic E-state index is 0.210. The maximum Gasteiger partial charge on any atom is 0.227 e. The molecular formula is C24H27N5OS. The summed E-state index contributed by atoms with van der Waals surface area (Å²) >= 11 is 1.65. The van der Waals surface area contributed by atoms with E-state index in [1.54, 1.807) is 11.3 Å². The van der Waals surface area contributed by atoms with Crippen molar-refractivity contribution in [2.45, 2.75) is 32.9 Å². The van der Waals surface area contributed by atoms with E-state index in [0.29, 0.717) is 19.5 Å². The average molecular weight is 434 g/mol. The lowest BCUT2D eigenvalue weighted by molar-refractivity contribution is -0.117. The molecule has 160 valence electrons. The van der Waals surface area contributed by atoms with Gasteiger partial charge in [0.05, 0.1) is 18.8 Å². The Kier molecular flexibility index (Phi) is 6.94. The Morgan fingerprint density at radius 2 is 1.94 bits per heavy atom. The van der Waals surface area contributed by atoms with Crippen molar-refractivity contribution >= 4 is 28.9 Å². The van der Waals surface area contributed by atoms with Gasteiger partial charge in [0.1, 0.15) is 5.01 Å². The van der Waals surface area contributed by atoms with Gasteiger partial charge in [-0.05, 0) is 31.0 Å². The third-order valence-corrected chi connectivity index (χ3v) is 6.04. The molecule has 1 aromatic heterocycles. The lowest BCUT2D eigenvalue weighted by Gasteiger charge is -2.15. The number of benzene rings is 2. The second-order valence-electron chi connectivity index (χ2n) is 7.37. The van der Waals surface area contributed by atoms with Crippen LogP contribution in [-0.4, -0.2) is 29.9 Å². The fourth-order valence-electron chi connectivity index (χ4n) is 3.49. The quantitative estimate of drug-likeness (QED) is 0.433. The van der Waals surface area contributed by atoms with Crippen LogP contribution in [0.4, 0.5) is 5.69 Å². The molecular weight excluding hydrogens is 406 g/mol. The molecule has 1 aliphatic rings. The van der Waals surface area contributed by atoms with E-state index in [1.807, 2.05) is 47.4 Å². The van der Waals surface area contributed by atoms with E-state index in [4.69, 9.17) is 9.98 Å². The Labute approximate surface area is 187 Å². The third-order valence-electron chi connectivity index (χ3n) is 5.09. The van der Waals surface area contributed by atoms with Crippen LogP contribution >= 0.6 is 11.3 Å². The number of nitrogens with zero attached hydrogens (tertiary/aromatic N) is 3. The van der Waals surface area contributed by atoms with Gasteiger partial charge in [0.25, 0.3) is 0 Å². The third kappa shape index (κ3) is 5.49. The summed E-state index contributed by atoms with van der Waals surface area (Å²) in [4.78, 5) is 23.2. The van der Waals surface area contributed by atoms with E-state index in [1.165, 1.54) is 0 Å². The Hall–Kier alpha value is -3.19.